The van der Waals surface area contributed by atoms with Crippen LogP contribution in [0.4, 0.5) is 0 Å². The lowest BCUT2D eigenvalue weighted by Crippen LogP contribution is -2.07. The summed E-state index contributed by atoms with van der Waals surface area (Å²) in [4.78, 5) is 4.86. The predicted molar refractivity (Wildman–Crippen MR) is 86.8 cm³/mol. The van der Waals surface area contributed by atoms with Crippen LogP contribution in [0.15, 0.2) is 0 Å². The van der Waals surface area contributed by atoms with Crippen molar-refractivity contribution in [1.82, 2.24) is 19.3 Å². The number of hydrogen-bond acceptors (Lipinski definition) is 2. The van der Waals surface area contributed by atoms with Gasteiger partial charge in [0.15, 0.2) is 5.65 Å². The average Bonchev–Trinajstić information content (AvgIpc) is 2.95. The molecule has 1 aliphatic rings. The van der Waals surface area contributed by atoms with Gasteiger partial charge in [0.1, 0.15) is 11.3 Å². The molecular formula is C16H25ClN4. The van der Waals surface area contributed by atoms with Crippen molar-refractivity contribution in [3.8, 4) is 0 Å². The number of alkyl halides is 1. The molecule has 3 atom stereocenters. The summed E-state index contributed by atoms with van der Waals surface area (Å²) in [6.07, 6.45) is 5.86. The molecule has 0 aromatic carbocycles. The largest absolute Gasteiger partial charge is 0.308 e. The van der Waals surface area contributed by atoms with Gasteiger partial charge in [-0.3, -0.25) is 4.68 Å². The Kier molecular flexibility index (Phi) is 4.00. The third-order valence-corrected chi connectivity index (χ3v) is 4.68. The summed E-state index contributed by atoms with van der Waals surface area (Å²) < 4.78 is 4.37. The molecule has 0 bridgehead atoms. The molecule has 0 spiro atoms. The number of hydrogen-bond donors (Lipinski definition) is 0. The Balaban J connectivity index is 2.10. The number of rotatable bonds is 6. The molecule has 3 unspecified atom stereocenters. The standard InChI is InChI=1S/C16H25ClN4/c1-5-7-11-9-13(11)21-15(10(3)17)18-14-12(8-6-2)19-20(4)16(14)21/h10-11,13H,5-9H2,1-4H3. The van der Waals surface area contributed by atoms with E-state index in [0.29, 0.717) is 6.04 Å². The van der Waals surface area contributed by atoms with Crippen molar-refractivity contribution in [1.29, 1.82) is 0 Å². The summed E-state index contributed by atoms with van der Waals surface area (Å²) in [5.41, 5.74) is 3.33. The number of aromatic nitrogens is 4. The molecule has 0 radical (unpaired) electrons. The molecule has 0 N–H and O–H groups in total. The van der Waals surface area contributed by atoms with Crippen LogP contribution in [-0.4, -0.2) is 19.3 Å². The van der Waals surface area contributed by atoms with Crippen molar-refractivity contribution in [2.24, 2.45) is 13.0 Å². The summed E-state index contributed by atoms with van der Waals surface area (Å²) in [5, 5.41) is 4.61. The van der Waals surface area contributed by atoms with E-state index >= 15 is 0 Å². The highest BCUT2D eigenvalue weighted by atomic mass is 35.5. The number of nitrogens with zero attached hydrogens (tertiary/aromatic N) is 4. The van der Waals surface area contributed by atoms with E-state index in [-0.39, 0.29) is 5.38 Å². The van der Waals surface area contributed by atoms with Crippen LogP contribution < -0.4 is 0 Å². The molecule has 5 heteroatoms. The van der Waals surface area contributed by atoms with E-state index < -0.39 is 0 Å². The number of halogens is 1. The van der Waals surface area contributed by atoms with Gasteiger partial charge in [0.2, 0.25) is 0 Å². The van der Waals surface area contributed by atoms with Crippen LogP contribution in [0.1, 0.15) is 69.4 Å². The minimum atomic E-state index is -0.0604. The van der Waals surface area contributed by atoms with Crippen molar-refractivity contribution >= 4 is 22.8 Å². The highest BCUT2D eigenvalue weighted by molar-refractivity contribution is 6.20. The van der Waals surface area contributed by atoms with Crippen LogP contribution in [0, 0.1) is 5.92 Å². The second-order valence-electron chi connectivity index (χ2n) is 6.30. The molecule has 4 nitrogen and oxygen atoms in total. The van der Waals surface area contributed by atoms with Crippen LogP contribution in [0.2, 0.25) is 0 Å². The molecule has 1 aliphatic carbocycles. The summed E-state index contributed by atoms with van der Waals surface area (Å²) in [5.74, 6) is 1.80. The predicted octanol–water partition coefficient (Wildman–Crippen LogP) is 4.38. The van der Waals surface area contributed by atoms with Gasteiger partial charge >= 0.3 is 0 Å². The molecule has 1 fully saturated rings. The number of aryl methyl sites for hydroxylation is 2. The summed E-state index contributed by atoms with van der Waals surface area (Å²) in [6, 6.07) is 0.566. The van der Waals surface area contributed by atoms with Crippen molar-refractivity contribution in [3.05, 3.63) is 11.5 Å². The average molecular weight is 309 g/mol. The normalized spacial score (nSPS) is 22.9. The highest BCUT2D eigenvalue weighted by Gasteiger charge is 2.41. The van der Waals surface area contributed by atoms with Crippen LogP contribution in [0.25, 0.3) is 11.2 Å². The first kappa shape index (κ1) is 14.9. The number of imidazole rings is 1. The van der Waals surface area contributed by atoms with Gasteiger partial charge in [0.05, 0.1) is 11.1 Å². The Morgan fingerprint density at radius 3 is 2.71 bits per heavy atom. The fourth-order valence-electron chi connectivity index (χ4n) is 3.46. The van der Waals surface area contributed by atoms with Gasteiger partial charge in [0, 0.05) is 13.1 Å². The Morgan fingerprint density at radius 2 is 2.10 bits per heavy atom. The minimum Gasteiger partial charge on any atom is -0.308 e. The first-order chi connectivity index (χ1) is 10.1. The monoisotopic (exact) mass is 308 g/mol. The molecule has 0 amide bonds. The maximum atomic E-state index is 6.40. The smallest absolute Gasteiger partial charge is 0.158 e. The Morgan fingerprint density at radius 1 is 1.33 bits per heavy atom. The van der Waals surface area contributed by atoms with Crippen LogP contribution in [-0.2, 0) is 13.5 Å². The highest BCUT2D eigenvalue weighted by Crippen LogP contribution is 2.49. The van der Waals surface area contributed by atoms with Gasteiger partial charge in [-0.1, -0.05) is 26.7 Å². The maximum absolute atomic E-state index is 6.40. The fourth-order valence-corrected chi connectivity index (χ4v) is 3.62. The van der Waals surface area contributed by atoms with E-state index in [0.717, 1.165) is 41.4 Å². The lowest BCUT2D eigenvalue weighted by molar-refractivity contribution is 0.583. The van der Waals surface area contributed by atoms with E-state index in [1.54, 1.807) is 0 Å². The van der Waals surface area contributed by atoms with E-state index in [9.17, 15) is 0 Å². The third kappa shape index (κ3) is 2.48. The van der Waals surface area contributed by atoms with E-state index in [1.807, 2.05) is 18.7 Å². The zero-order chi connectivity index (χ0) is 15.1. The second-order valence-corrected chi connectivity index (χ2v) is 6.95. The Hall–Kier alpha value is -1.03. The molecule has 3 rings (SSSR count). The third-order valence-electron chi connectivity index (χ3n) is 4.48. The summed E-state index contributed by atoms with van der Waals surface area (Å²) in [6.45, 7) is 6.46. The molecule has 2 heterocycles. The van der Waals surface area contributed by atoms with Crippen LogP contribution in [0.5, 0.6) is 0 Å². The van der Waals surface area contributed by atoms with E-state index in [2.05, 4.69) is 23.5 Å². The van der Waals surface area contributed by atoms with E-state index in [4.69, 9.17) is 16.6 Å². The lowest BCUT2D eigenvalue weighted by atomic mass is 10.2. The molecular weight excluding hydrogens is 284 g/mol. The molecule has 1 saturated carbocycles. The second kappa shape index (κ2) is 5.64. The quantitative estimate of drug-likeness (QED) is 0.742. The fraction of sp³-hybridized carbons (Fsp3) is 0.750. The maximum Gasteiger partial charge on any atom is 0.158 e. The van der Waals surface area contributed by atoms with Gasteiger partial charge in [-0.15, -0.1) is 11.6 Å². The van der Waals surface area contributed by atoms with Crippen LogP contribution >= 0.6 is 11.6 Å². The zero-order valence-electron chi connectivity index (χ0n) is 13.4. The molecule has 0 aliphatic heterocycles. The molecule has 21 heavy (non-hydrogen) atoms. The first-order valence-electron chi connectivity index (χ1n) is 8.16. The molecule has 0 saturated heterocycles. The van der Waals surface area contributed by atoms with Crippen molar-refractivity contribution in [2.45, 2.75) is 64.3 Å². The molecule has 2 aromatic heterocycles. The van der Waals surface area contributed by atoms with E-state index in [1.165, 1.54) is 19.3 Å². The first-order valence-corrected chi connectivity index (χ1v) is 8.59. The lowest BCUT2D eigenvalue weighted by Gasteiger charge is -2.10. The Labute approximate surface area is 131 Å². The summed E-state index contributed by atoms with van der Waals surface area (Å²) >= 11 is 6.40. The van der Waals surface area contributed by atoms with Gasteiger partial charge < -0.3 is 4.57 Å². The van der Waals surface area contributed by atoms with Gasteiger partial charge in [-0.05, 0) is 32.1 Å². The SMILES string of the molecule is CCCc1nn(C)c2c1nc(C(C)Cl)n2C1CC1CCC. The minimum absolute atomic E-state index is 0.0604. The van der Waals surface area contributed by atoms with Crippen molar-refractivity contribution < 1.29 is 0 Å². The Bertz CT molecular complexity index is 640. The van der Waals surface area contributed by atoms with Crippen molar-refractivity contribution in [2.75, 3.05) is 0 Å². The topological polar surface area (TPSA) is 35.6 Å². The number of fused-ring (bicyclic) bond motifs is 1. The van der Waals surface area contributed by atoms with Crippen molar-refractivity contribution in [3.63, 3.8) is 0 Å². The molecule has 116 valence electrons. The van der Waals surface area contributed by atoms with Gasteiger partial charge in [0.25, 0.3) is 0 Å². The molecule has 2 aromatic rings. The van der Waals surface area contributed by atoms with Gasteiger partial charge in [-0.25, -0.2) is 4.98 Å². The van der Waals surface area contributed by atoms with Crippen LogP contribution in [0.3, 0.4) is 0 Å². The van der Waals surface area contributed by atoms with Gasteiger partial charge in [-0.2, -0.15) is 5.10 Å². The zero-order valence-corrected chi connectivity index (χ0v) is 14.2. The summed E-state index contributed by atoms with van der Waals surface area (Å²) in [7, 11) is 2.03.